The van der Waals surface area contributed by atoms with E-state index in [4.69, 9.17) is 16.3 Å². The van der Waals surface area contributed by atoms with E-state index >= 15 is 0 Å². The molecule has 2 N–H and O–H groups in total. The third-order valence-electron chi connectivity index (χ3n) is 3.61. The summed E-state index contributed by atoms with van der Waals surface area (Å²) < 4.78 is 4.78. The Labute approximate surface area is 156 Å². The molecule has 0 saturated heterocycles. The first kappa shape index (κ1) is 19.5. The van der Waals surface area contributed by atoms with Crippen LogP contribution in [0.2, 0.25) is 5.02 Å². The summed E-state index contributed by atoms with van der Waals surface area (Å²) in [5.41, 5.74) is 1.79. The highest BCUT2D eigenvalue weighted by Crippen LogP contribution is 2.13. The zero-order chi connectivity index (χ0) is 19.1. The minimum absolute atomic E-state index is 0.198. The van der Waals surface area contributed by atoms with Gasteiger partial charge in [0.25, 0.3) is 5.91 Å². The molecule has 1 atom stereocenters. The second-order valence-electron chi connectivity index (χ2n) is 5.64. The minimum atomic E-state index is -0.830. The average molecular weight is 375 g/mol. The van der Waals surface area contributed by atoms with E-state index in [9.17, 15) is 14.4 Å². The number of methoxy groups -OCH3 is 1. The molecule has 136 valence electrons. The fraction of sp³-hybridized carbons (Fsp3) is 0.211. The number of nitrogens with one attached hydrogen (secondary N) is 2. The molecule has 26 heavy (non-hydrogen) atoms. The quantitative estimate of drug-likeness (QED) is 0.761. The van der Waals surface area contributed by atoms with Gasteiger partial charge in [-0.2, -0.15) is 0 Å². The Hall–Kier alpha value is -2.86. The van der Waals surface area contributed by atoms with Gasteiger partial charge < -0.3 is 15.4 Å². The van der Waals surface area contributed by atoms with Crippen molar-refractivity contribution in [3.63, 3.8) is 0 Å². The number of ether oxygens (including phenoxy) is 1. The molecular weight excluding hydrogens is 356 g/mol. The maximum Gasteiger partial charge on any atom is 0.328 e. The second-order valence-corrected chi connectivity index (χ2v) is 6.07. The van der Waals surface area contributed by atoms with Gasteiger partial charge in [0.2, 0.25) is 5.91 Å². The number of anilines is 1. The largest absolute Gasteiger partial charge is 0.467 e. The number of hydrogen-bond acceptors (Lipinski definition) is 4. The van der Waals surface area contributed by atoms with Crippen LogP contribution in [0.3, 0.4) is 0 Å². The zero-order valence-electron chi connectivity index (χ0n) is 14.4. The lowest BCUT2D eigenvalue weighted by atomic mass is 10.1. The van der Waals surface area contributed by atoms with Crippen LogP contribution in [0.5, 0.6) is 0 Å². The van der Waals surface area contributed by atoms with Gasteiger partial charge in [0.1, 0.15) is 6.04 Å². The molecule has 2 rings (SSSR count). The molecule has 0 spiro atoms. The first-order valence-corrected chi connectivity index (χ1v) is 8.27. The summed E-state index contributed by atoms with van der Waals surface area (Å²) in [6.45, 7) is 1.40. The van der Waals surface area contributed by atoms with E-state index in [1.165, 1.54) is 14.0 Å². The molecule has 2 aromatic carbocycles. The average Bonchev–Trinajstić information content (AvgIpc) is 2.62. The van der Waals surface area contributed by atoms with Gasteiger partial charge in [-0.05, 0) is 42.0 Å². The van der Waals surface area contributed by atoms with E-state index in [0.717, 1.165) is 5.56 Å². The van der Waals surface area contributed by atoms with Crippen LogP contribution in [-0.2, 0) is 20.7 Å². The van der Waals surface area contributed by atoms with Crippen molar-refractivity contribution in [3.05, 3.63) is 64.7 Å². The topological polar surface area (TPSA) is 84.5 Å². The Morgan fingerprint density at radius 1 is 1.04 bits per heavy atom. The monoisotopic (exact) mass is 374 g/mol. The molecule has 0 aliphatic heterocycles. The van der Waals surface area contributed by atoms with Crippen molar-refractivity contribution in [2.45, 2.75) is 19.4 Å². The van der Waals surface area contributed by atoms with E-state index in [0.29, 0.717) is 16.3 Å². The summed E-state index contributed by atoms with van der Waals surface area (Å²) in [5, 5.41) is 5.88. The van der Waals surface area contributed by atoms with Crippen LogP contribution in [0.4, 0.5) is 5.69 Å². The minimum Gasteiger partial charge on any atom is -0.467 e. The van der Waals surface area contributed by atoms with E-state index in [1.807, 2.05) is 0 Å². The molecular formula is C19H19ClN2O4. The van der Waals surface area contributed by atoms with Gasteiger partial charge in [0.15, 0.2) is 0 Å². The van der Waals surface area contributed by atoms with Crippen LogP contribution in [0.1, 0.15) is 22.8 Å². The Balaban J connectivity index is 2.09. The van der Waals surface area contributed by atoms with Crippen molar-refractivity contribution in [3.8, 4) is 0 Å². The van der Waals surface area contributed by atoms with Crippen molar-refractivity contribution in [1.29, 1.82) is 0 Å². The molecule has 2 aromatic rings. The summed E-state index contributed by atoms with van der Waals surface area (Å²) in [4.78, 5) is 35.5. The SMILES string of the molecule is COC(=O)[C@H](Cc1ccc(Cl)cc1)NC(=O)c1ccc(NC(C)=O)cc1. The van der Waals surface area contributed by atoms with Crippen molar-refractivity contribution in [1.82, 2.24) is 5.32 Å². The summed E-state index contributed by atoms with van der Waals surface area (Å²) in [6.07, 6.45) is 0.277. The van der Waals surface area contributed by atoms with Crippen molar-refractivity contribution >= 4 is 35.1 Å². The van der Waals surface area contributed by atoms with Crippen LogP contribution >= 0.6 is 11.6 Å². The number of benzene rings is 2. The molecule has 0 aromatic heterocycles. The van der Waals surface area contributed by atoms with Gasteiger partial charge in [0, 0.05) is 29.6 Å². The highest BCUT2D eigenvalue weighted by molar-refractivity contribution is 6.30. The third-order valence-corrected chi connectivity index (χ3v) is 3.86. The summed E-state index contributed by atoms with van der Waals surface area (Å²) in [5.74, 6) is -1.15. The summed E-state index contributed by atoms with van der Waals surface area (Å²) in [7, 11) is 1.27. The highest BCUT2D eigenvalue weighted by atomic mass is 35.5. The first-order chi connectivity index (χ1) is 12.4. The van der Waals surface area contributed by atoms with Crippen molar-refractivity contribution in [2.24, 2.45) is 0 Å². The van der Waals surface area contributed by atoms with Crippen LogP contribution in [0.15, 0.2) is 48.5 Å². The highest BCUT2D eigenvalue weighted by Gasteiger charge is 2.22. The molecule has 6 nitrogen and oxygen atoms in total. The first-order valence-electron chi connectivity index (χ1n) is 7.90. The Morgan fingerprint density at radius 3 is 2.19 bits per heavy atom. The van der Waals surface area contributed by atoms with E-state index in [2.05, 4.69) is 10.6 Å². The predicted octanol–water partition coefficient (Wildman–Crippen LogP) is 2.81. The van der Waals surface area contributed by atoms with Crippen LogP contribution in [0.25, 0.3) is 0 Å². The molecule has 0 heterocycles. The van der Waals surface area contributed by atoms with E-state index in [-0.39, 0.29) is 12.3 Å². The lowest BCUT2D eigenvalue weighted by molar-refractivity contribution is -0.142. The van der Waals surface area contributed by atoms with Gasteiger partial charge in [-0.25, -0.2) is 4.79 Å². The number of hydrogen-bond donors (Lipinski definition) is 2. The molecule has 0 unspecified atom stereocenters. The third kappa shape index (κ3) is 5.60. The molecule has 0 bridgehead atoms. The Morgan fingerprint density at radius 2 is 1.65 bits per heavy atom. The molecule has 0 saturated carbocycles. The van der Waals surface area contributed by atoms with Crippen LogP contribution < -0.4 is 10.6 Å². The van der Waals surface area contributed by atoms with Gasteiger partial charge in [-0.15, -0.1) is 0 Å². The normalized spacial score (nSPS) is 11.3. The summed E-state index contributed by atoms with van der Waals surface area (Å²) in [6, 6.07) is 12.5. The molecule has 0 radical (unpaired) electrons. The zero-order valence-corrected chi connectivity index (χ0v) is 15.2. The molecule has 0 fully saturated rings. The fourth-order valence-electron chi connectivity index (χ4n) is 2.34. The lowest BCUT2D eigenvalue weighted by Gasteiger charge is -2.17. The van der Waals surface area contributed by atoms with Crippen molar-refractivity contribution < 1.29 is 19.1 Å². The molecule has 0 aliphatic rings. The number of carbonyl (C=O) groups is 3. The van der Waals surface area contributed by atoms with Gasteiger partial charge in [0.05, 0.1) is 7.11 Å². The maximum absolute atomic E-state index is 12.4. The number of esters is 1. The fourth-order valence-corrected chi connectivity index (χ4v) is 2.47. The number of carbonyl (C=O) groups excluding carboxylic acids is 3. The van der Waals surface area contributed by atoms with E-state index in [1.54, 1.807) is 48.5 Å². The Bertz CT molecular complexity index is 788. The van der Waals surface area contributed by atoms with Gasteiger partial charge >= 0.3 is 5.97 Å². The molecule has 0 aliphatic carbocycles. The maximum atomic E-state index is 12.4. The van der Waals surface area contributed by atoms with Crippen LogP contribution in [0, 0.1) is 0 Å². The Kier molecular flexibility index (Phi) is 6.74. The van der Waals surface area contributed by atoms with Crippen molar-refractivity contribution in [2.75, 3.05) is 12.4 Å². The molecule has 2 amide bonds. The number of halogens is 1. The smallest absolute Gasteiger partial charge is 0.328 e. The molecule has 7 heteroatoms. The van der Waals surface area contributed by atoms with Gasteiger partial charge in [-0.1, -0.05) is 23.7 Å². The van der Waals surface area contributed by atoms with Crippen LogP contribution in [-0.4, -0.2) is 30.9 Å². The van der Waals surface area contributed by atoms with Gasteiger partial charge in [-0.3, -0.25) is 9.59 Å². The lowest BCUT2D eigenvalue weighted by Crippen LogP contribution is -2.43. The van der Waals surface area contributed by atoms with E-state index < -0.39 is 17.9 Å². The number of rotatable bonds is 6. The summed E-state index contributed by atoms with van der Waals surface area (Å²) >= 11 is 5.86. The number of amides is 2. The second kappa shape index (κ2) is 9.01. The standard InChI is InChI=1S/C19H19ClN2O4/c1-12(23)21-16-9-5-14(6-10-16)18(24)22-17(19(25)26-2)11-13-3-7-15(20)8-4-13/h3-10,17H,11H2,1-2H3,(H,21,23)(H,22,24)/t17-/m0/s1. The predicted molar refractivity (Wildman–Crippen MR) is 99.2 cm³/mol.